The van der Waals surface area contributed by atoms with Crippen molar-refractivity contribution in [1.29, 1.82) is 0 Å². The molecule has 0 fully saturated rings. The summed E-state index contributed by atoms with van der Waals surface area (Å²) in [6, 6.07) is 20.1. The highest BCUT2D eigenvalue weighted by Gasteiger charge is 2.11. The molecule has 0 unspecified atom stereocenters. The van der Waals surface area contributed by atoms with Crippen molar-refractivity contribution in [2.75, 3.05) is 0 Å². The van der Waals surface area contributed by atoms with Crippen LogP contribution < -0.4 is 0 Å². The Kier molecular flexibility index (Phi) is 2.13. The first-order valence-electron chi connectivity index (χ1n) is 6.70. The Hall–Kier alpha value is -1.74. The molecule has 0 saturated heterocycles. The minimum absolute atomic E-state index is 1.35. The van der Waals surface area contributed by atoms with Crippen molar-refractivity contribution in [1.82, 2.24) is 0 Å². The molecule has 0 radical (unpaired) electrons. The van der Waals surface area contributed by atoms with Gasteiger partial charge >= 0.3 is 0 Å². The summed E-state index contributed by atoms with van der Waals surface area (Å²) in [4.78, 5) is 0. The van der Waals surface area contributed by atoms with Crippen LogP contribution in [0.2, 0.25) is 0 Å². The Morgan fingerprint density at radius 2 is 1.25 bits per heavy atom. The van der Waals surface area contributed by atoms with E-state index in [2.05, 4.69) is 60.4 Å². The molecular formula is C18H10P2. The van der Waals surface area contributed by atoms with E-state index < -0.39 is 0 Å². The van der Waals surface area contributed by atoms with Gasteiger partial charge in [0.05, 0.1) is 0 Å². The molecule has 0 N–H and O–H groups in total. The minimum Gasteiger partial charge on any atom is -0.0610 e. The normalized spacial score (nSPS) is 12.8. The second-order valence-electron chi connectivity index (χ2n) is 5.17. The SMILES string of the molecule is c1cc2cccc3c4ppcc5cccc(c(c1)c23)c54. The summed E-state index contributed by atoms with van der Waals surface area (Å²) in [5, 5.41) is 11.4. The van der Waals surface area contributed by atoms with Crippen molar-refractivity contribution >= 4 is 58.6 Å². The van der Waals surface area contributed by atoms with Crippen LogP contribution in [0.15, 0.2) is 60.4 Å². The van der Waals surface area contributed by atoms with Crippen molar-refractivity contribution in [3.05, 3.63) is 60.4 Å². The molecule has 5 rings (SSSR count). The van der Waals surface area contributed by atoms with Gasteiger partial charge in [-0.2, -0.15) is 0 Å². The summed E-state index contributed by atoms with van der Waals surface area (Å²) in [5.74, 6) is 2.35. The molecule has 0 spiro atoms. The van der Waals surface area contributed by atoms with Crippen LogP contribution in [0.5, 0.6) is 0 Å². The van der Waals surface area contributed by atoms with Crippen molar-refractivity contribution in [3.63, 3.8) is 0 Å². The molecule has 1 aromatic heterocycles. The molecule has 0 saturated carbocycles. The van der Waals surface area contributed by atoms with E-state index in [1.54, 1.807) is 0 Å². The van der Waals surface area contributed by atoms with Crippen molar-refractivity contribution < 1.29 is 0 Å². The molecule has 0 nitrogen and oxygen atoms in total. The fraction of sp³-hybridized carbons (Fsp3) is 0. The molecule has 1 heterocycles. The standard InChI is InChI=1S/C18H10P2/c1-4-11-5-2-9-15-16(11)13(7-1)14-8-3-6-12-10-19-20-18(15)17(12)14/h1-10H. The van der Waals surface area contributed by atoms with E-state index in [4.69, 9.17) is 0 Å². The van der Waals surface area contributed by atoms with Crippen LogP contribution in [-0.4, -0.2) is 0 Å². The Bertz CT molecular complexity index is 926. The van der Waals surface area contributed by atoms with Gasteiger partial charge in [-0.3, -0.25) is 0 Å². The Morgan fingerprint density at radius 3 is 2.05 bits per heavy atom. The number of benzene rings is 4. The van der Waals surface area contributed by atoms with Crippen LogP contribution in [-0.2, 0) is 0 Å². The molecule has 20 heavy (non-hydrogen) atoms. The lowest BCUT2D eigenvalue weighted by Gasteiger charge is -2.13. The minimum atomic E-state index is 1.35. The zero-order valence-electron chi connectivity index (χ0n) is 10.7. The van der Waals surface area contributed by atoms with E-state index in [1.165, 1.54) is 58.6 Å². The highest BCUT2D eigenvalue weighted by molar-refractivity contribution is 7.92. The molecule has 0 bridgehead atoms. The summed E-state index contributed by atoms with van der Waals surface area (Å²) >= 11 is 0. The summed E-state index contributed by atoms with van der Waals surface area (Å²) in [7, 11) is 2.78. The van der Waals surface area contributed by atoms with Crippen LogP contribution in [0.25, 0.3) is 42.8 Å². The maximum absolute atomic E-state index is 2.35. The highest BCUT2D eigenvalue weighted by atomic mass is 31.8. The molecule has 0 aliphatic heterocycles. The third-order valence-corrected chi connectivity index (χ3v) is 6.60. The lowest BCUT2D eigenvalue weighted by molar-refractivity contribution is 1.82. The van der Waals surface area contributed by atoms with Crippen molar-refractivity contribution in [2.45, 2.75) is 0 Å². The second kappa shape index (κ2) is 3.89. The predicted molar refractivity (Wildman–Crippen MR) is 92.7 cm³/mol. The molecule has 0 amide bonds. The van der Waals surface area contributed by atoms with Crippen LogP contribution in [0.4, 0.5) is 0 Å². The van der Waals surface area contributed by atoms with Crippen LogP contribution in [0.1, 0.15) is 0 Å². The van der Waals surface area contributed by atoms with Gasteiger partial charge in [0.1, 0.15) is 0 Å². The molecule has 2 heteroatoms. The Balaban J connectivity index is 2.32. The van der Waals surface area contributed by atoms with Gasteiger partial charge in [0.2, 0.25) is 0 Å². The first-order valence-corrected chi connectivity index (χ1v) is 9.27. The van der Waals surface area contributed by atoms with E-state index in [0.29, 0.717) is 0 Å². The van der Waals surface area contributed by atoms with Crippen molar-refractivity contribution in [2.24, 2.45) is 0 Å². The van der Waals surface area contributed by atoms with Crippen LogP contribution in [0, 0.1) is 0 Å². The summed E-state index contributed by atoms with van der Waals surface area (Å²) in [6.45, 7) is 0. The van der Waals surface area contributed by atoms with E-state index in [1.807, 2.05) is 0 Å². The van der Waals surface area contributed by atoms with E-state index in [0.717, 1.165) is 0 Å². The fourth-order valence-corrected chi connectivity index (χ4v) is 5.99. The van der Waals surface area contributed by atoms with Gasteiger partial charge in [-0.25, -0.2) is 0 Å². The Morgan fingerprint density at radius 1 is 0.600 bits per heavy atom. The van der Waals surface area contributed by atoms with Gasteiger partial charge in [-0.1, -0.05) is 54.6 Å². The van der Waals surface area contributed by atoms with Gasteiger partial charge in [0, 0.05) is 10.5 Å². The van der Waals surface area contributed by atoms with E-state index >= 15 is 0 Å². The summed E-state index contributed by atoms with van der Waals surface area (Å²) in [5.41, 5.74) is 0. The fourth-order valence-electron chi connectivity index (χ4n) is 3.32. The maximum atomic E-state index is 2.35. The number of hydrogen-bond donors (Lipinski definition) is 0. The lowest BCUT2D eigenvalue weighted by Crippen LogP contribution is -1.83. The van der Waals surface area contributed by atoms with Gasteiger partial charge < -0.3 is 0 Å². The molecule has 4 aromatic carbocycles. The monoisotopic (exact) mass is 288 g/mol. The molecule has 0 aliphatic carbocycles. The van der Waals surface area contributed by atoms with E-state index in [9.17, 15) is 0 Å². The van der Waals surface area contributed by atoms with Crippen LogP contribution >= 0.6 is 15.7 Å². The first-order chi connectivity index (χ1) is 9.93. The molecule has 92 valence electrons. The average Bonchev–Trinajstić information content (AvgIpc) is 2.52. The topological polar surface area (TPSA) is 0 Å². The second-order valence-corrected chi connectivity index (χ2v) is 7.60. The molecule has 5 aromatic rings. The third kappa shape index (κ3) is 1.29. The van der Waals surface area contributed by atoms with Crippen LogP contribution in [0.3, 0.4) is 0 Å². The largest absolute Gasteiger partial charge is 0.0610 e. The molecule has 0 aliphatic rings. The predicted octanol–water partition coefficient (Wildman–Crippen LogP) is 6.90. The van der Waals surface area contributed by atoms with Gasteiger partial charge in [0.15, 0.2) is 0 Å². The quantitative estimate of drug-likeness (QED) is 0.215. The lowest BCUT2D eigenvalue weighted by atomic mass is 9.94. The third-order valence-electron chi connectivity index (χ3n) is 4.14. The van der Waals surface area contributed by atoms with Gasteiger partial charge in [-0.15, -0.1) is 0 Å². The Labute approximate surface area is 119 Å². The highest BCUT2D eigenvalue weighted by Crippen LogP contribution is 2.45. The smallest absolute Gasteiger partial charge is 0.0227 e. The summed E-state index contributed by atoms with van der Waals surface area (Å²) < 4.78 is 0. The maximum Gasteiger partial charge on any atom is 0.0227 e. The average molecular weight is 288 g/mol. The van der Waals surface area contributed by atoms with E-state index in [-0.39, 0.29) is 0 Å². The van der Waals surface area contributed by atoms with Gasteiger partial charge in [0.25, 0.3) is 0 Å². The summed E-state index contributed by atoms with van der Waals surface area (Å²) in [6.07, 6.45) is 0. The van der Waals surface area contributed by atoms with Crippen molar-refractivity contribution in [3.8, 4) is 0 Å². The first kappa shape index (κ1) is 11.0. The van der Waals surface area contributed by atoms with Gasteiger partial charge in [-0.05, 0) is 53.9 Å². The molecular weight excluding hydrogens is 278 g/mol. The number of fused-ring (bicyclic) bond motifs is 2. The zero-order chi connectivity index (χ0) is 13.1. The molecule has 0 atom stereocenters. The number of hydrogen-bond acceptors (Lipinski definition) is 0. The zero-order valence-corrected chi connectivity index (χ0v) is 12.5. The number of rotatable bonds is 0.